The van der Waals surface area contributed by atoms with Crippen LogP contribution in [0.3, 0.4) is 0 Å². The van der Waals surface area contributed by atoms with Gasteiger partial charge in [-0.05, 0) is 25.3 Å². The van der Waals surface area contributed by atoms with E-state index in [1.54, 1.807) is 4.68 Å². The number of halogens is 1. The summed E-state index contributed by atoms with van der Waals surface area (Å²) >= 11 is 6.15. The normalized spacial score (nSPS) is 13.4. The molecule has 0 aliphatic rings. The number of hydrogen-bond acceptors (Lipinski definition) is 2. The van der Waals surface area contributed by atoms with E-state index < -0.39 is 0 Å². The molecule has 1 aromatic heterocycles. The average Bonchev–Trinajstić information content (AvgIpc) is 2.44. The lowest BCUT2D eigenvalue weighted by Crippen LogP contribution is -2.24. The van der Waals surface area contributed by atoms with Crippen LogP contribution in [0.1, 0.15) is 32.0 Å². The molecule has 0 saturated heterocycles. The minimum absolute atomic E-state index is 0.677. The van der Waals surface area contributed by atoms with Gasteiger partial charge >= 0.3 is 0 Å². The molecular weight excluding hydrogens is 222 g/mol. The van der Waals surface area contributed by atoms with E-state index in [0.717, 1.165) is 29.5 Å². The summed E-state index contributed by atoms with van der Waals surface area (Å²) in [5, 5.41) is 8.47. The first kappa shape index (κ1) is 13.5. The number of nitrogens with one attached hydrogen (secondary N) is 1. The van der Waals surface area contributed by atoms with Crippen LogP contribution in [0.15, 0.2) is 0 Å². The molecule has 3 nitrogen and oxygen atoms in total. The van der Waals surface area contributed by atoms with Crippen LogP contribution in [0.2, 0.25) is 5.15 Å². The van der Waals surface area contributed by atoms with Crippen molar-refractivity contribution >= 4 is 11.6 Å². The van der Waals surface area contributed by atoms with E-state index in [1.165, 1.54) is 0 Å². The molecule has 1 aromatic rings. The summed E-state index contributed by atoms with van der Waals surface area (Å²) in [5.41, 5.74) is 2.12. The lowest BCUT2D eigenvalue weighted by atomic mass is 9.98. The lowest BCUT2D eigenvalue weighted by molar-refractivity contribution is 0.392. The van der Waals surface area contributed by atoms with Crippen molar-refractivity contribution in [3.05, 3.63) is 16.4 Å². The smallest absolute Gasteiger partial charge is 0.131 e. The van der Waals surface area contributed by atoms with Crippen molar-refractivity contribution in [1.82, 2.24) is 15.1 Å². The zero-order valence-corrected chi connectivity index (χ0v) is 11.6. The molecule has 16 heavy (non-hydrogen) atoms. The number of aryl methyl sites for hydroxylation is 2. The highest BCUT2D eigenvalue weighted by atomic mass is 35.5. The summed E-state index contributed by atoms with van der Waals surface area (Å²) in [6.45, 7) is 10.6. The van der Waals surface area contributed by atoms with Gasteiger partial charge < -0.3 is 5.32 Å². The van der Waals surface area contributed by atoms with Crippen molar-refractivity contribution in [1.29, 1.82) is 0 Å². The largest absolute Gasteiger partial charge is 0.312 e. The van der Waals surface area contributed by atoms with E-state index in [4.69, 9.17) is 11.6 Å². The maximum absolute atomic E-state index is 6.15. The Morgan fingerprint density at radius 3 is 2.44 bits per heavy atom. The molecule has 0 aliphatic carbocycles. The van der Waals surface area contributed by atoms with Crippen LogP contribution >= 0.6 is 11.6 Å². The van der Waals surface area contributed by atoms with Crippen LogP contribution in [-0.2, 0) is 13.6 Å². The molecule has 1 atom stereocenters. The fraction of sp³-hybridized carbons (Fsp3) is 0.750. The summed E-state index contributed by atoms with van der Waals surface area (Å²) < 4.78 is 1.72. The Balaban J connectivity index is 2.49. The Morgan fingerprint density at radius 2 is 2.00 bits per heavy atom. The quantitative estimate of drug-likeness (QED) is 0.862. The van der Waals surface area contributed by atoms with E-state index in [2.05, 4.69) is 31.2 Å². The number of hydrogen-bond donors (Lipinski definition) is 1. The Morgan fingerprint density at radius 1 is 1.38 bits per heavy atom. The molecule has 0 aliphatic heterocycles. The van der Waals surface area contributed by atoms with Gasteiger partial charge in [-0.15, -0.1) is 0 Å². The first-order chi connectivity index (χ1) is 7.43. The molecule has 0 amide bonds. The van der Waals surface area contributed by atoms with E-state index in [1.807, 2.05) is 14.0 Å². The van der Waals surface area contributed by atoms with Gasteiger partial charge in [-0.2, -0.15) is 5.10 Å². The fourth-order valence-electron chi connectivity index (χ4n) is 1.54. The van der Waals surface area contributed by atoms with Crippen molar-refractivity contribution in [3.8, 4) is 0 Å². The maximum Gasteiger partial charge on any atom is 0.131 e. The van der Waals surface area contributed by atoms with Gasteiger partial charge in [0.05, 0.1) is 5.69 Å². The van der Waals surface area contributed by atoms with Crippen molar-refractivity contribution in [2.45, 2.75) is 34.2 Å². The standard InChI is InChI=1S/C12H22ClN3/c1-8(2)9(3)6-14-7-11-10(4)15-16(5)12(11)13/h8-9,14H,6-7H2,1-5H3. The number of aromatic nitrogens is 2. The minimum Gasteiger partial charge on any atom is -0.312 e. The summed E-state index contributed by atoms with van der Waals surface area (Å²) in [6, 6.07) is 0. The Hall–Kier alpha value is -0.540. The third kappa shape index (κ3) is 3.22. The fourth-order valence-corrected chi connectivity index (χ4v) is 1.78. The van der Waals surface area contributed by atoms with Crippen LogP contribution in [0.4, 0.5) is 0 Å². The van der Waals surface area contributed by atoms with Gasteiger partial charge in [0.15, 0.2) is 0 Å². The Bertz CT molecular complexity index is 344. The van der Waals surface area contributed by atoms with Crippen molar-refractivity contribution in [2.24, 2.45) is 18.9 Å². The third-order valence-corrected chi connectivity index (χ3v) is 3.65. The second-order valence-electron chi connectivity index (χ2n) is 4.83. The Kier molecular flexibility index (Phi) is 4.81. The first-order valence-electron chi connectivity index (χ1n) is 5.82. The van der Waals surface area contributed by atoms with Crippen LogP contribution in [0, 0.1) is 18.8 Å². The molecule has 0 bridgehead atoms. The summed E-state index contributed by atoms with van der Waals surface area (Å²) in [5.74, 6) is 1.38. The van der Waals surface area contributed by atoms with Gasteiger partial charge in [0.25, 0.3) is 0 Å². The average molecular weight is 244 g/mol. The number of nitrogens with zero attached hydrogens (tertiary/aromatic N) is 2. The van der Waals surface area contributed by atoms with Gasteiger partial charge in [0, 0.05) is 19.2 Å². The molecule has 0 radical (unpaired) electrons. The molecule has 1 unspecified atom stereocenters. The second kappa shape index (κ2) is 5.69. The highest BCUT2D eigenvalue weighted by Crippen LogP contribution is 2.18. The topological polar surface area (TPSA) is 29.9 Å². The van der Waals surface area contributed by atoms with Gasteiger partial charge in [-0.3, -0.25) is 4.68 Å². The summed E-state index contributed by atoms with van der Waals surface area (Å²) in [7, 11) is 1.87. The molecule has 4 heteroatoms. The zero-order chi connectivity index (χ0) is 12.3. The second-order valence-corrected chi connectivity index (χ2v) is 5.19. The molecule has 0 spiro atoms. The molecular formula is C12H22ClN3. The molecule has 0 saturated carbocycles. The highest BCUT2D eigenvalue weighted by Gasteiger charge is 2.11. The Labute approximate surface area is 103 Å². The molecule has 0 fully saturated rings. The van der Waals surface area contributed by atoms with E-state index in [-0.39, 0.29) is 0 Å². The van der Waals surface area contributed by atoms with E-state index >= 15 is 0 Å². The van der Waals surface area contributed by atoms with Crippen LogP contribution in [-0.4, -0.2) is 16.3 Å². The first-order valence-corrected chi connectivity index (χ1v) is 6.20. The molecule has 1 rings (SSSR count). The van der Waals surface area contributed by atoms with Crippen LogP contribution in [0.25, 0.3) is 0 Å². The predicted molar refractivity (Wildman–Crippen MR) is 68.7 cm³/mol. The molecule has 0 aromatic carbocycles. The van der Waals surface area contributed by atoms with Gasteiger partial charge in [0.2, 0.25) is 0 Å². The van der Waals surface area contributed by atoms with Gasteiger partial charge in [-0.25, -0.2) is 0 Å². The monoisotopic (exact) mass is 243 g/mol. The van der Waals surface area contributed by atoms with Gasteiger partial charge in [0.1, 0.15) is 5.15 Å². The third-order valence-electron chi connectivity index (χ3n) is 3.18. The van der Waals surface area contributed by atoms with Crippen molar-refractivity contribution in [3.63, 3.8) is 0 Å². The predicted octanol–water partition coefficient (Wildman–Crippen LogP) is 2.76. The van der Waals surface area contributed by atoms with Crippen molar-refractivity contribution in [2.75, 3.05) is 6.54 Å². The molecule has 1 heterocycles. The van der Waals surface area contributed by atoms with Gasteiger partial charge in [-0.1, -0.05) is 32.4 Å². The van der Waals surface area contributed by atoms with Crippen LogP contribution < -0.4 is 5.32 Å². The van der Waals surface area contributed by atoms with E-state index in [0.29, 0.717) is 11.8 Å². The SMILES string of the molecule is Cc1nn(C)c(Cl)c1CNCC(C)C(C)C. The lowest BCUT2D eigenvalue weighted by Gasteiger charge is -2.15. The van der Waals surface area contributed by atoms with Crippen molar-refractivity contribution < 1.29 is 0 Å². The summed E-state index contributed by atoms with van der Waals surface area (Å²) in [4.78, 5) is 0. The maximum atomic E-state index is 6.15. The summed E-state index contributed by atoms with van der Waals surface area (Å²) in [6.07, 6.45) is 0. The van der Waals surface area contributed by atoms with Crippen LogP contribution in [0.5, 0.6) is 0 Å². The zero-order valence-electron chi connectivity index (χ0n) is 10.8. The molecule has 92 valence electrons. The minimum atomic E-state index is 0.677. The molecule has 1 N–H and O–H groups in total. The highest BCUT2D eigenvalue weighted by molar-refractivity contribution is 6.30. The number of rotatable bonds is 5. The van der Waals surface area contributed by atoms with E-state index in [9.17, 15) is 0 Å².